The van der Waals surface area contributed by atoms with E-state index < -0.39 is 11.7 Å². The zero-order valence-electron chi connectivity index (χ0n) is 18.3. The molecule has 0 atom stereocenters. The van der Waals surface area contributed by atoms with E-state index in [2.05, 4.69) is 15.3 Å². The van der Waals surface area contributed by atoms with Crippen LogP contribution in [0.1, 0.15) is 42.1 Å². The Labute approximate surface area is 190 Å². The lowest BCUT2D eigenvalue weighted by Gasteiger charge is -2.29. The normalized spacial score (nSPS) is 18.2. The topological polar surface area (TPSA) is 121 Å². The Balaban J connectivity index is 1.67. The molecule has 1 saturated carbocycles. The zero-order chi connectivity index (χ0) is 23.4. The lowest BCUT2D eigenvalue weighted by Crippen LogP contribution is -2.29. The molecule has 0 aliphatic heterocycles. The van der Waals surface area contributed by atoms with Crippen LogP contribution in [0.15, 0.2) is 36.5 Å². The number of primary amides is 1. The summed E-state index contributed by atoms with van der Waals surface area (Å²) in [4.78, 5) is 33.3. The average molecular weight is 455 g/mol. The molecule has 0 spiro atoms. The number of carbonyl (C=O) groups is 2. The molecule has 2 amide bonds. The van der Waals surface area contributed by atoms with Gasteiger partial charge in [-0.2, -0.15) is 0 Å². The molecule has 174 valence electrons. The molecule has 1 aromatic carbocycles. The number of imidazole rings is 1. The zero-order valence-corrected chi connectivity index (χ0v) is 18.3. The third-order valence-corrected chi connectivity index (χ3v) is 5.88. The summed E-state index contributed by atoms with van der Waals surface area (Å²) in [5.41, 5.74) is 7.16. The number of hydrogen-bond acceptors (Lipinski definition) is 6. The number of carbonyl (C=O) groups excluding carboxylic acids is 2. The van der Waals surface area contributed by atoms with E-state index in [0.29, 0.717) is 61.8 Å². The van der Waals surface area contributed by atoms with E-state index in [0.717, 1.165) is 5.52 Å². The van der Waals surface area contributed by atoms with Crippen molar-refractivity contribution in [1.82, 2.24) is 14.5 Å². The fourth-order valence-corrected chi connectivity index (χ4v) is 4.14. The largest absolute Gasteiger partial charge is 0.475 e. The van der Waals surface area contributed by atoms with Crippen LogP contribution >= 0.6 is 0 Å². The van der Waals surface area contributed by atoms with Crippen LogP contribution in [0.4, 0.5) is 10.3 Å². The van der Waals surface area contributed by atoms with Gasteiger partial charge in [-0.05, 0) is 49.9 Å². The minimum absolute atomic E-state index is 0.00310. The molecule has 2 aromatic heterocycles. The van der Waals surface area contributed by atoms with E-state index in [4.69, 9.17) is 15.2 Å². The van der Waals surface area contributed by atoms with Crippen LogP contribution in [0.25, 0.3) is 11.0 Å². The molecule has 0 radical (unpaired) electrons. The van der Waals surface area contributed by atoms with Gasteiger partial charge in [0, 0.05) is 30.7 Å². The molecule has 0 bridgehead atoms. The molecule has 0 saturated heterocycles. The fraction of sp³-hybridized carbons (Fsp3) is 0.391. The van der Waals surface area contributed by atoms with Crippen molar-refractivity contribution in [3.05, 3.63) is 47.9 Å². The molecule has 9 nitrogen and oxygen atoms in total. The number of halogens is 1. The van der Waals surface area contributed by atoms with Gasteiger partial charge in [0.05, 0.1) is 18.3 Å². The van der Waals surface area contributed by atoms with Crippen molar-refractivity contribution in [2.24, 2.45) is 11.7 Å². The van der Waals surface area contributed by atoms with E-state index in [1.165, 1.54) is 24.3 Å². The number of nitrogens with one attached hydrogen (secondary N) is 1. The third-order valence-electron chi connectivity index (χ3n) is 5.88. The van der Waals surface area contributed by atoms with Crippen molar-refractivity contribution >= 4 is 28.8 Å². The molecular formula is C23H26FN5O4. The number of nitrogens with zero attached hydrogens (tertiary/aromatic N) is 3. The van der Waals surface area contributed by atoms with Crippen molar-refractivity contribution < 1.29 is 23.5 Å². The first-order valence-corrected chi connectivity index (χ1v) is 10.8. The quantitative estimate of drug-likeness (QED) is 0.504. The third kappa shape index (κ3) is 5.11. The maximum atomic E-state index is 13.3. The lowest BCUT2D eigenvalue weighted by molar-refractivity contribution is -0.122. The van der Waals surface area contributed by atoms with Crippen molar-refractivity contribution in [2.75, 3.05) is 25.6 Å². The molecule has 1 aliphatic rings. The van der Waals surface area contributed by atoms with Crippen LogP contribution in [-0.4, -0.2) is 46.7 Å². The van der Waals surface area contributed by atoms with Crippen molar-refractivity contribution in [2.45, 2.75) is 31.7 Å². The first-order valence-electron chi connectivity index (χ1n) is 10.8. The Kier molecular flexibility index (Phi) is 6.83. The van der Waals surface area contributed by atoms with Gasteiger partial charge in [-0.1, -0.05) is 0 Å². The highest BCUT2D eigenvalue weighted by Crippen LogP contribution is 2.37. The molecule has 4 rings (SSSR count). The number of ether oxygens (including phenoxy) is 2. The summed E-state index contributed by atoms with van der Waals surface area (Å²) >= 11 is 0. The maximum absolute atomic E-state index is 13.3. The summed E-state index contributed by atoms with van der Waals surface area (Å²) in [7, 11) is 1.59. The second kappa shape index (κ2) is 9.95. The van der Waals surface area contributed by atoms with Crippen molar-refractivity contribution in [3.63, 3.8) is 0 Å². The Bertz CT molecular complexity index is 1140. The molecule has 1 aliphatic carbocycles. The predicted molar refractivity (Wildman–Crippen MR) is 119 cm³/mol. The number of fused-ring (bicyclic) bond motifs is 1. The molecule has 3 aromatic rings. The minimum Gasteiger partial charge on any atom is -0.475 e. The summed E-state index contributed by atoms with van der Waals surface area (Å²) in [5, 5.41) is 2.85. The summed E-state index contributed by atoms with van der Waals surface area (Å²) in [5.74, 6) is -0.477. The van der Waals surface area contributed by atoms with Gasteiger partial charge >= 0.3 is 0 Å². The van der Waals surface area contributed by atoms with Gasteiger partial charge in [0.1, 0.15) is 17.9 Å². The monoisotopic (exact) mass is 455 g/mol. The van der Waals surface area contributed by atoms with Gasteiger partial charge in [-0.15, -0.1) is 0 Å². The minimum atomic E-state index is -0.419. The van der Waals surface area contributed by atoms with E-state index in [-0.39, 0.29) is 17.9 Å². The van der Waals surface area contributed by atoms with E-state index in [9.17, 15) is 14.0 Å². The second-order valence-electron chi connectivity index (χ2n) is 8.03. The van der Waals surface area contributed by atoms with Crippen LogP contribution in [0.3, 0.4) is 0 Å². The molecule has 10 heteroatoms. The number of aromatic nitrogens is 3. The highest BCUT2D eigenvalue weighted by atomic mass is 19.1. The molecule has 0 unspecified atom stereocenters. The van der Waals surface area contributed by atoms with Gasteiger partial charge in [-0.25, -0.2) is 14.4 Å². The van der Waals surface area contributed by atoms with Gasteiger partial charge in [0.15, 0.2) is 0 Å². The maximum Gasteiger partial charge on any atom is 0.257 e. The summed E-state index contributed by atoms with van der Waals surface area (Å²) in [6.07, 6.45) is 4.33. The SMILES string of the molecule is COCCOc1cc2c(cn1)nc(NC(=O)c1ccc(F)cc1)n2C1CCC(C(N)=O)CC1. The number of rotatable bonds is 8. The van der Waals surface area contributed by atoms with Crippen LogP contribution in [0.2, 0.25) is 0 Å². The van der Waals surface area contributed by atoms with Gasteiger partial charge in [0.2, 0.25) is 17.7 Å². The molecule has 1 fully saturated rings. The lowest BCUT2D eigenvalue weighted by atomic mass is 9.85. The first-order chi connectivity index (χ1) is 16.0. The summed E-state index contributed by atoms with van der Waals surface area (Å²) < 4.78 is 25.9. The predicted octanol–water partition coefficient (Wildman–Crippen LogP) is 3.06. The van der Waals surface area contributed by atoms with Crippen molar-refractivity contribution in [1.29, 1.82) is 0 Å². The van der Waals surface area contributed by atoms with Gasteiger partial charge in [0.25, 0.3) is 5.91 Å². The molecule has 2 heterocycles. The second-order valence-corrected chi connectivity index (χ2v) is 8.03. The van der Waals surface area contributed by atoms with E-state index >= 15 is 0 Å². The number of benzene rings is 1. The highest BCUT2D eigenvalue weighted by molar-refractivity contribution is 6.04. The van der Waals surface area contributed by atoms with Crippen LogP contribution in [0, 0.1) is 11.7 Å². The van der Waals surface area contributed by atoms with E-state index in [1.54, 1.807) is 19.4 Å². The van der Waals surface area contributed by atoms with Crippen LogP contribution < -0.4 is 15.8 Å². The average Bonchev–Trinajstić information content (AvgIpc) is 3.16. The van der Waals surface area contributed by atoms with Crippen LogP contribution in [-0.2, 0) is 9.53 Å². The number of anilines is 1. The van der Waals surface area contributed by atoms with E-state index in [1.807, 2.05) is 4.57 Å². The van der Waals surface area contributed by atoms with Crippen LogP contribution in [0.5, 0.6) is 5.88 Å². The number of methoxy groups -OCH3 is 1. The van der Waals surface area contributed by atoms with Gasteiger partial charge < -0.3 is 19.8 Å². The standard InChI is InChI=1S/C23H26FN5O4/c1-32-10-11-33-20-12-19-18(13-26-20)27-23(28-22(31)15-2-6-16(24)7-3-15)29(19)17-8-4-14(5-9-17)21(25)30/h2-3,6-7,12-14,17H,4-5,8-11H2,1H3,(H2,25,30)(H,27,28,31). The Morgan fingerprint density at radius 2 is 1.91 bits per heavy atom. The Morgan fingerprint density at radius 3 is 2.58 bits per heavy atom. The Morgan fingerprint density at radius 1 is 1.18 bits per heavy atom. The summed E-state index contributed by atoms with van der Waals surface area (Å²) in [6.45, 7) is 0.774. The fourth-order valence-electron chi connectivity index (χ4n) is 4.14. The smallest absolute Gasteiger partial charge is 0.257 e. The number of hydrogen-bond donors (Lipinski definition) is 2. The molecule has 3 N–H and O–H groups in total. The molecular weight excluding hydrogens is 429 g/mol. The first kappa shape index (κ1) is 22.7. The summed E-state index contributed by atoms with van der Waals surface area (Å²) in [6, 6.07) is 7.08. The van der Waals surface area contributed by atoms with Gasteiger partial charge in [-0.3, -0.25) is 14.9 Å². The number of pyridine rings is 1. The Hall–Kier alpha value is -3.53. The molecule has 33 heavy (non-hydrogen) atoms. The number of amides is 2. The van der Waals surface area contributed by atoms with Crippen molar-refractivity contribution in [3.8, 4) is 5.88 Å². The number of nitrogens with two attached hydrogens (primary N) is 1. The highest BCUT2D eigenvalue weighted by Gasteiger charge is 2.29.